The smallest absolute Gasteiger partial charge is 0.249 e. The quantitative estimate of drug-likeness (QED) is 0.0215. The minimum atomic E-state index is -1.68. The third-order valence-corrected chi connectivity index (χ3v) is 17.0. The molecule has 9 unspecified atom stereocenters. The highest BCUT2D eigenvalue weighted by Gasteiger charge is 2.44. The maximum atomic E-state index is 13.2. The molecule has 0 aromatic carbocycles. The molecule has 8 N–H and O–H groups in total. The Balaban J connectivity index is 2.19. The molecular formula is C73H135NO10. The molecule has 0 bridgehead atoms. The Morgan fingerprint density at radius 2 is 0.750 bits per heavy atom. The fourth-order valence-electron chi connectivity index (χ4n) is 11.3. The van der Waals surface area contributed by atoms with Crippen molar-refractivity contribution in [3.05, 3.63) is 60.8 Å². The Kier molecular flexibility index (Phi) is 58.0. The summed E-state index contributed by atoms with van der Waals surface area (Å²) in [6.07, 6.45) is 70.3. The second-order valence-electron chi connectivity index (χ2n) is 24.9. The van der Waals surface area contributed by atoms with Crippen LogP contribution < -0.4 is 5.32 Å². The molecule has 0 aliphatic carbocycles. The summed E-state index contributed by atoms with van der Waals surface area (Å²) < 4.78 is 11.2. The number of hydrogen-bond donors (Lipinski definition) is 8. The van der Waals surface area contributed by atoms with Crippen molar-refractivity contribution in [1.29, 1.82) is 0 Å². The van der Waals surface area contributed by atoms with Gasteiger partial charge in [-0.15, -0.1) is 0 Å². The van der Waals surface area contributed by atoms with E-state index < -0.39 is 74.2 Å². The molecular weight excluding hydrogens is 1050 g/mol. The van der Waals surface area contributed by atoms with Crippen molar-refractivity contribution < 1.29 is 50.0 Å². The maximum Gasteiger partial charge on any atom is 0.249 e. The van der Waals surface area contributed by atoms with E-state index in [9.17, 15) is 40.5 Å². The lowest BCUT2D eigenvalue weighted by Crippen LogP contribution is -2.60. The molecule has 0 aromatic heterocycles. The van der Waals surface area contributed by atoms with Crippen molar-refractivity contribution >= 4 is 5.91 Å². The van der Waals surface area contributed by atoms with Gasteiger partial charge in [0.25, 0.3) is 0 Å². The van der Waals surface area contributed by atoms with Crippen LogP contribution in [0.5, 0.6) is 0 Å². The summed E-state index contributed by atoms with van der Waals surface area (Å²) in [5.41, 5.74) is 0. The van der Waals surface area contributed by atoms with Crippen LogP contribution in [0.2, 0.25) is 0 Å². The van der Waals surface area contributed by atoms with Crippen molar-refractivity contribution in [2.45, 2.75) is 384 Å². The van der Waals surface area contributed by atoms with E-state index in [1.807, 2.05) is 0 Å². The van der Waals surface area contributed by atoms with Crippen LogP contribution in [0.15, 0.2) is 60.8 Å². The average molecular weight is 1190 g/mol. The molecule has 84 heavy (non-hydrogen) atoms. The van der Waals surface area contributed by atoms with E-state index >= 15 is 0 Å². The molecule has 1 fully saturated rings. The summed E-state index contributed by atoms with van der Waals surface area (Å²) in [5.74, 6) is -0.710. The molecule has 0 aromatic rings. The molecule has 11 nitrogen and oxygen atoms in total. The lowest BCUT2D eigenvalue weighted by atomic mass is 9.98. The number of rotatable bonds is 62. The SMILES string of the molecule is CCCCCCCCCC/C=C/CC/C=C/CC/C=C/CCCC(O)C(O)C(COC1OC(CO)C(O)C(O)C1O)NC(=O)C(O)CCCCCCCCCCCCCCCCCC/C=C\C/C=C\CCCCCCCCCCCCCCC. The Morgan fingerprint density at radius 1 is 0.417 bits per heavy atom. The number of nitrogens with one attached hydrogen (secondary N) is 1. The molecule has 1 aliphatic rings. The summed E-state index contributed by atoms with van der Waals surface area (Å²) in [4.78, 5) is 13.2. The normalized spacial score (nSPS) is 19.3. The van der Waals surface area contributed by atoms with Crippen LogP contribution in [0.3, 0.4) is 0 Å². The van der Waals surface area contributed by atoms with Crippen LogP contribution in [0.25, 0.3) is 0 Å². The fourth-order valence-corrected chi connectivity index (χ4v) is 11.3. The first-order valence-corrected chi connectivity index (χ1v) is 35.7. The lowest BCUT2D eigenvalue weighted by molar-refractivity contribution is -0.303. The van der Waals surface area contributed by atoms with E-state index in [1.165, 1.54) is 231 Å². The van der Waals surface area contributed by atoms with Gasteiger partial charge in [0.05, 0.1) is 25.4 Å². The first-order chi connectivity index (χ1) is 41.2. The van der Waals surface area contributed by atoms with Crippen molar-refractivity contribution in [1.82, 2.24) is 5.32 Å². The zero-order chi connectivity index (χ0) is 61.0. The molecule has 0 radical (unpaired) electrons. The average Bonchev–Trinajstić information content (AvgIpc) is 3.55. The highest BCUT2D eigenvalue weighted by atomic mass is 16.7. The summed E-state index contributed by atoms with van der Waals surface area (Å²) in [6, 6.07) is -1.20. The third-order valence-electron chi connectivity index (χ3n) is 17.0. The number of aliphatic hydroxyl groups excluding tert-OH is 7. The standard InChI is InChI=1S/C73H135NO10/c1-3-5-7-9-11-13-15-17-19-21-23-25-26-27-28-29-30-31-32-33-34-35-36-37-38-39-41-43-45-47-49-51-53-55-57-59-61-66(77)72(82)74-64(63-83-73-71(81)70(80)69(79)67(62-75)84-73)68(78)65(76)60-58-56-54-52-50-48-46-44-42-40-24-22-20-18-16-14-12-10-8-6-4-2/h22,24,28-29,31-32,44,46,52,54,64-71,73,75-81H,3-21,23,25-27,30,33-43,45,47-51,53,55-63H2,1-2H3,(H,74,82)/b24-22+,29-28-,32-31-,46-44+,54-52+. The van der Waals surface area contributed by atoms with Gasteiger partial charge in [0.2, 0.25) is 5.91 Å². The fraction of sp³-hybridized carbons (Fsp3) is 0.849. The molecule has 0 spiro atoms. The molecule has 1 heterocycles. The minimum absolute atomic E-state index is 0.240. The maximum absolute atomic E-state index is 13.2. The number of aliphatic hydroxyl groups is 7. The Morgan fingerprint density at radius 3 is 1.13 bits per heavy atom. The second-order valence-corrected chi connectivity index (χ2v) is 24.9. The first-order valence-electron chi connectivity index (χ1n) is 35.7. The van der Waals surface area contributed by atoms with Crippen LogP contribution >= 0.6 is 0 Å². The molecule has 1 amide bonds. The van der Waals surface area contributed by atoms with Crippen molar-refractivity contribution in [2.24, 2.45) is 0 Å². The van der Waals surface area contributed by atoms with Crippen LogP contribution in [-0.2, 0) is 14.3 Å². The number of unbranched alkanes of at least 4 members (excludes halogenated alkanes) is 40. The van der Waals surface area contributed by atoms with Gasteiger partial charge in [0.15, 0.2) is 6.29 Å². The number of carbonyl (C=O) groups excluding carboxylic acids is 1. The Hall–Kier alpha value is -2.19. The highest BCUT2D eigenvalue weighted by molar-refractivity contribution is 5.80. The van der Waals surface area contributed by atoms with E-state index in [1.54, 1.807) is 0 Å². The first kappa shape index (κ1) is 79.8. The van der Waals surface area contributed by atoms with Crippen LogP contribution in [0.1, 0.15) is 328 Å². The third kappa shape index (κ3) is 47.8. The van der Waals surface area contributed by atoms with E-state index in [0.29, 0.717) is 19.3 Å². The minimum Gasteiger partial charge on any atom is -0.394 e. The van der Waals surface area contributed by atoms with Gasteiger partial charge in [-0.05, 0) is 96.3 Å². The molecule has 492 valence electrons. The molecule has 0 saturated carbocycles. The molecule has 11 heteroatoms. The van der Waals surface area contributed by atoms with E-state index in [4.69, 9.17) is 9.47 Å². The number of ether oxygens (including phenoxy) is 2. The summed E-state index contributed by atoms with van der Waals surface area (Å²) >= 11 is 0. The molecule has 1 saturated heterocycles. The predicted octanol–water partition coefficient (Wildman–Crippen LogP) is 17.3. The van der Waals surface area contributed by atoms with Crippen molar-refractivity contribution in [2.75, 3.05) is 13.2 Å². The van der Waals surface area contributed by atoms with Crippen LogP contribution in [0, 0.1) is 0 Å². The molecule has 1 aliphatic heterocycles. The van der Waals surface area contributed by atoms with Gasteiger partial charge in [-0.3, -0.25) is 4.79 Å². The Bertz CT molecular complexity index is 1550. The Labute approximate surface area is 516 Å². The van der Waals surface area contributed by atoms with Gasteiger partial charge >= 0.3 is 0 Å². The van der Waals surface area contributed by atoms with Gasteiger partial charge in [0, 0.05) is 0 Å². The number of hydrogen-bond acceptors (Lipinski definition) is 10. The van der Waals surface area contributed by atoms with Gasteiger partial charge in [-0.25, -0.2) is 0 Å². The zero-order valence-electron chi connectivity index (χ0n) is 54.4. The van der Waals surface area contributed by atoms with Gasteiger partial charge in [0.1, 0.15) is 36.6 Å². The topological polar surface area (TPSA) is 189 Å². The highest BCUT2D eigenvalue weighted by Crippen LogP contribution is 2.24. The van der Waals surface area contributed by atoms with Gasteiger partial charge < -0.3 is 50.5 Å². The molecule has 9 atom stereocenters. The van der Waals surface area contributed by atoms with Gasteiger partial charge in [-0.2, -0.15) is 0 Å². The van der Waals surface area contributed by atoms with Crippen molar-refractivity contribution in [3.8, 4) is 0 Å². The second kappa shape index (κ2) is 61.1. The summed E-state index contributed by atoms with van der Waals surface area (Å²) in [5, 5.41) is 76.4. The van der Waals surface area contributed by atoms with E-state index in [0.717, 1.165) is 51.4 Å². The van der Waals surface area contributed by atoms with E-state index in [-0.39, 0.29) is 12.8 Å². The number of carbonyl (C=O) groups is 1. The zero-order valence-corrected chi connectivity index (χ0v) is 54.4. The summed E-state index contributed by atoms with van der Waals surface area (Å²) in [7, 11) is 0. The number of amides is 1. The van der Waals surface area contributed by atoms with Gasteiger partial charge in [-0.1, -0.05) is 293 Å². The van der Waals surface area contributed by atoms with Crippen LogP contribution in [0.4, 0.5) is 0 Å². The van der Waals surface area contributed by atoms with E-state index in [2.05, 4.69) is 79.9 Å². The largest absolute Gasteiger partial charge is 0.394 e. The number of allylic oxidation sites excluding steroid dienone is 10. The van der Waals surface area contributed by atoms with Crippen LogP contribution in [-0.4, -0.2) is 110 Å². The monoisotopic (exact) mass is 1190 g/mol. The predicted molar refractivity (Wildman–Crippen MR) is 353 cm³/mol. The molecule has 1 rings (SSSR count). The lowest BCUT2D eigenvalue weighted by Gasteiger charge is -2.40. The van der Waals surface area contributed by atoms with Crippen molar-refractivity contribution in [3.63, 3.8) is 0 Å². The summed E-state index contributed by atoms with van der Waals surface area (Å²) in [6.45, 7) is 3.47.